The summed E-state index contributed by atoms with van der Waals surface area (Å²) in [4.78, 5) is 21.3. The molecule has 0 bridgehead atoms. The number of H-pyrrole nitrogens is 1. The van der Waals surface area contributed by atoms with E-state index >= 15 is 0 Å². The Kier molecular flexibility index (Phi) is 6.56. The van der Waals surface area contributed by atoms with Crippen LogP contribution in [0.25, 0.3) is 0 Å². The number of halogens is 3. The normalized spacial score (nSPS) is 12.2. The molecule has 16 heavy (non-hydrogen) atoms. The first-order chi connectivity index (χ1) is 6.91. The van der Waals surface area contributed by atoms with Crippen LogP contribution in [0, 0.1) is 0 Å². The van der Waals surface area contributed by atoms with Crippen LogP contribution in [0.4, 0.5) is 13.2 Å². The van der Waals surface area contributed by atoms with Crippen LogP contribution in [0.15, 0.2) is 10.9 Å². The van der Waals surface area contributed by atoms with Gasteiger partial charge >= 0.3 is 57.4 Å². The number of aromatic amines is 1. The van der Waals surface area contributed by atoms with Crippen LogP contribution in [-0.4, -0.2) is 33.5 Å². The third kappa shape index (κ3) is 4.05. The predicted octanol–water partition coefficient (Wildman–Crippen LogP) is -2.41. The van der Waals surface area contributed by atoms with E-state index < -0.39 is 36.4 Å². The van der Waals surface area contributed by atoms with Crippen molar-refractivity contribution in [3.8, 4) is 0 Å². The van der Waals surface area contributed by atoms with Gasteiger partial charge in [-0.05, 0) is 0 Å². The van der Waals surface area contributed by atoms with Gasteiger partial charge in [-0.3, -0.25) is 9.89 Å². The van der Waals surface area contributed by atoms with E-state index in [4.69, 9.17) is 5.11 Å². The Balaban J connectivity index is 0. The summed E-state index contributed by atoms with van der Waals surface area (Å²) in [5, 5.41) is 10.4. The van der Waals surface area contributed by atoms with Gasteiger partial charge in [0.25, 0.3) is 12.0 Å². The van der Waals surface area contributed by atoms with Crippen molar-refractivity contribution in [1.29, 1.82) is 0 Å². The molecule has 0 aliphatic rings. The van der Waals surface area contributed by atoms with Crippen molar-refractivity contribution in [3.05, 3.63) is 22.1 Å². The summed E-state index contributed by atoms with van der Waals surface area (Å²) in [7, 11) is 0. The fourth-order valence-corrected chi connectivity index (χ4v) is 0.933. The van der Waals surface area contributed by atoms with Gasteiger partial charge in [0.1, 0.15) is 5.69 Å². The SMILES string of the molecule is O=C(O)c1cc(=O)n(CC(F)C(F)F)[nH]1.[H-].[K+]. The van der Waals surface area contributed by atoms with Crippen molar-refractivity contribution < 1.29 is 75.9 Å². The van der Waals surface area contributed by atoms with E-state index in [0.717, 1.165) is 0 Å². The van der Waals surface area contributed by atoms with Crippen molar-refractivity contribution in [2.75, 3.05) is 0 Å². The van der Waals surface area contributed by atoms with Gasteiger partial charge in [0.15, 0.2) is 6.17 Å². The molecule has 0 aromatic carbocycles. The van der Waals surface area contributed by atoms with Crippen molar-refractivity contribution in [1.82, 2.24) is 9.78 Å². The number of nitrogens with one attached hydrogen (secondary N) is 1. The minimum absolute atomic E-state index is 0. The van der Waals surface area contributed by atoms with Crippen LogP contribution in [-0.2, 0) is 6.54 Å². The van der Waals surface area contributed by atoms with E-state index in [-0.39, 0.29) is 52.8 Å². The molecule has 1 rings (SSSR count). The molecular weight excluding hydrogens is 256 g/mol. The van der Waals surface area contributed by atoms with Gasteiger partial charge in [-0.25, -0.2) is 22.6 Å². The van der Waals surface area contributed by atoms with Gasteiger partial charge in [0, 0.05) is 6.07 Å². The van der Waals surface area contributed by atoms with Crippen LogP contribution >= 0.6 is 0 Å². The predicted molar refractivity (Wildman–Crippen MR) is 44.0 cm³/mol. The van der Waals surface area contributed by atoms with Gasteiger partial charge in [-0.2, -0.15) is 0 Å². The first-order valence-electron chi connectivity index (χ1n) is 3.87. The molecule has 86 valence electrons. The van der Waals surface area contributed by atoms with Crippen LogP contribution < -0.4 is 56.9 Å². The second-order valence-electron chi connectivity index (χ2n) is 2.77. The average Bonchev–Trinajstić information content (AvgIpc) is 2.47. The standard InChI is InChI=1S/C7H7F3N2O3.K.H/c8-3(6(9)10)2-12-5(13)1-4(11-12)7(14)15;;/h1,3,6,11H,2H2,(H,14,15);;/q;+1;-1. The van der Waals surface area contributed by atoms with E-state index in [1.165, 1.54) is 0 Å². The van der Waals surface area contributed by atoms with Gasteiger partial charge in [0.05, 0.1) is 6.54 Å². The molecule has 0 saturated carbocycles. The minimum Gasteiger partial charge on any atom is -1.00 e. The zero-order valence-electron chi connectivity index (χ0n) is 9.28. The fourth-order valence-electron chi connectivity index (χ4n) is 0.933. The monoisotopic (exact) mass is 264 g/mol. The van der Waals surface area contributed by atoms with E-state index in [1.54, 1.807) is 0 Å². The van der Waals surface area contributed by atoms with Crippen LogP contribution in [0.5, 0.6) is 0 Å². The number of carboxylic acid groups (broad SMARTS) is 1. The Labute approximate surface area is 132 Å². The first kappa shape index (κ1) is 15.9. The molecule has 0 aliphatic heterocycles. The number of hydrogen-bond acceptors (Lipinski definition) is 2. The third-order valence-corrected chi connectivity index (χ3v) is 1.65. The second kappa shape index (κ2) is 6.60. The summed E-state index contributed by atoms with van der Waals surface area (Å²) in [5.41, 5.74) is -1.34. The number of aromatic carboxylic acids is 1. The van der Waals surface area contributed by atoms with Crippen molar-refractivity contribution in [3.63, 3.8) is 0 Å². The van der Waals surface area contributed by atoms with Gasteiger partial charge < -0.3 is 6.53 Å². The van der Waals surface area contributed by atoms with Gasteiger partial charge in [0.2, 0.25) is 0 Å². The van der Waals surface area contributed by atoms with E-state index in [2.05, 4.69) is 0 Å². The molecule has 9 heteroatoms. The molecule has 1 aromatic heterocycles. The molecule has 0 saturated heterocycles. The first-order valence-corrected chi connectivity index (χ1v) is 3.87. The zero-order chi connectivity index (χ0) is 11.6. The van der Waals surface area contributed by atoms with Crippen molar-refractivity contribution in [2.45, 2.75) is 19.1 Å². The summed E-state index contributed by atoms with van der Waals surface area (Å²) in [6, 6.07) is 0.695. The maximum absolute atomic E-state index is 12.5. The maximum Gasteiger partial charge on any atom is 1.00 e. The summed E-state index contributed by atoms with van der Waals surface area (Å²) in [6.45, 7) is -0.899. The van der Waals surface area contributed by atoms with Crippen molar-refractivity contribution in [2.24, 2.45) is 0 Å². The van der Waals surface area contributed by atoms with E-state index in [9.17, 15) is 22.8 Å². The second-order valence-corrected chi connectivity index (χ2v) is 2.77. The molecule has 0 spiro atoms. The molecular formula is C7H8F3KN2O3. The molecule has 5 nitrogen and oxygen atoms in total. The third-order valence-electron chi connectivity index (χ3n) is 1.65. The number of hydrogen-bond donors (Lipinski definition) is 2. The number of rotatable bonds is 4. The maximum atomic E-state index is 12.5. The summed E-state index contributed by atoms with van der Waals surface area (Å²) < 4.78 is 36.6. The molecule has 1 unspecified atom stereocenters. The Morgan fingerprint density at radius 3 is 2.50 bits per heavy atom. The Morgan fingerprint density at radius 2 is 2.12 bits per heavy atom. The topological polar surface area (TPSA) is 75.1 Å². The molecule has 0 amide bonds. The summed E-state index contributed by atoms with van der Waals surface area (Å²) >= 11 is 0. The Hall–Kier alpha value is -0.0936. The van der Waals surface area contributed by atoms with Crippen LogP contribution in [0.2, 0.25) is 0 Å². The van der Waals surface area contributed by atoms with Gasteiger partial charge in [-0.15, -0.1) is 0 Å². The molecule has 0 radical (unpaired) electrons. The molecule has 0 aliphatic carbocycles. The van der Waals surface area contributed by atoms with Crippen LogP contribution in [0.3, 0.4) is 0 Å². The van der Waals surface area contributed by atoms with E-state index in [0.29, 0.717) is 10.7 Å². The van der Waals surface area contributed by atoms with Crippen LogP contribution in [0.1, 0.15) is 11.9 Å². The molecule has 1 atom stereocenters. The number of carbonyl (C=O) groups is 1. The Morgan fingerprint density at radius 1 is 1.56 bits per heavy atom. The molecule has 1 aromatic rings. The van der Waals surface area contributed by atoms with Crippen molar-refractivity contribution >= 4 is 5.97 Å². The molecule has 0 fully saturated rings. The van der Waals surface area contributed by atoms with E-state index in [1.807, 2.05) is 5.10 Å². The number of nitrogens with zero attached hydrogens (tertiary/aromatic N) is 1. The minimum atomic E-state index is -3.21. The number of carboxylic acids is 1. The number of alkyl halides is 3. The zero-order valence-corrected chi connectivity index (χ0v) is 11.4. The Bertz CT molecular complexity index is 423. The average molecular weight is 264 g/mol. The quantitative estimate of drug-likeness (QED) is 0.595. The molecule has 1 heterocycles. The van der Waals surface area contributed by atoms with Gasteiger partial charge in [-0.1, -0.05) is 0 Å². The summed E-state index contributed by atoms with van der Waals surface area (Å²) in [6.07, 6.45) is -5.73. The number of aromatic nitrogens is 2. The molecule has 2 N–H and O–H groups in total. The fraction of sp³-hybridized carbons (Fsp3) is 0.429. The smallest absolute Gasteiger partial charge is 1.00 e. The summed E-state index contributed by atoms with van der Waals surface area (Å²) in [5.74, 6) is -1.42. The largest absolute Gasteiger partial charge is 1.00 e.